The second-order valence-electron chi connectivity index (χ2n) is 4.26. The number of methoxy groups -OCH3 is 2. The van der Waals surface area contributed by atoms with Gasteiger partial charge in [-0.15, -0.1) is 0 Å². The first kappa shape index (κ1) is 14.6. The van der Waals surface area contributed by atoms with Crippen LogP contribution in [0.5, 0.6) is 11.5 Å². The normalized spacial score (nSPS) is 10.2. The molecular weight excluding hydrogens is 228 g/mol. The highest BCUT2D eigenvalue weighted by Gasteiger charge is 2.07. The fourth-order valence-electron chi connectivity index (χ4n) is 1.82. The van der Waals surface area contributed by atoms with E-state index in [4.69, 9.17) is 9.47 Å². The van der Waals surface area contributed by atoms with E-state index in [2.05, 4.69) is 17.6 Å². The van der Waals surface area contributed by atoms with Gasteiger partial charge >= 0.3 is 0 Å². The maximum atomic E-state index is 5.30. The monoisotopic (exact) mass is 252 g/mol. The highest BCUT2D eigenvalue weighted by atomic mass is 16.5. The van der Waals surface area contributed by atoms with Crippen molar-refractivity contribution in [2.75, 3.05) is 39.7 Å². The third kappa shape index (κ3) is 4.11. The Kier molecular flexibility index (Phi) is 6.36. The summed E-state index contributed by atoms with van der Waals surface area (Å²) in [5, 5.41) is 6.58. The van der Waals surface area contributed by atoms with E-state index in [0.717, 1.165) is 36.7 Å². The maximum absolute atomic E-state index is 5.30. The van der Waals surface area contributed by atoms with Crippen molar-refractivity contribution in [3.63, 3.8) is 0 Å². The zero-order chi connectivity index (χ0) is 13.4. The molecule has 0 aliphatic rings. The van der Waals surface area contributed by atoms with Crippen molar-refractivity contribution in [3.8, 4) is 11.5 Å². The number of rotatable bonds is 8. The SMILES string of the molecule is CNCCCCNc1cc(OC)c(OC)cc1C. The van der Waals surface area contributed by atoms with Gasteiger partial charge in [0.05, 0.1) is 14.2 Å². The van der Waals surface area contributed by atoms with Gasteiger partial charge in [-0.05, 0) is 45.0 Å². The van der Waals surface area contributed by atoms with Crippen LogP contribution in [0.3, 0.4) is 0 Å². The standard InChI is InChI=1S/C14H24N2O2/c1-11-9-13(17-3)14(18-4)10-12(11)16-8-6-5-7-15-2/h9-10,15-16H,5-8H2,1-4H3. The summed E-state index contributed by atoms with van der Waals surface area (Å²) in [6.45, 7) is 4.10. The van der Waals surface area contributed by atoms with E-state index < -0.39 is 0 Å². The Hall–Kier alpha value is -1.42. The average Bonchev–Trinajstić information content (AvgIpc) is 2.39. The molecule has 2 N–H and O–H groups in total. The van der Waals surface area contributed by atoms with E-state index in [-0.39, 0.29) is 0 Å². The molecule has 0 saturated heterocycles. The molecule has 0 bridgehead atoms. The Balaban J connectivity index is 2.59. The van der Waals surface area contributed by atoms with E-state index in [9.17, 15) is 0 Å². The van der Waals surface area contributed by atoms with Crippen molar-refractivity contribution < 1.29 is 9.47 Å². The molecule has 0 heterocycles. The van der Waals surface area contributed by atoms with Crippen molar-refractivity contribution >= 4 is 5.69 Å². The lowest BCUT2D eigenvalue weighted by molar-refractivity contribution is 0.355. The van der Waals surface area contributed by atoms with Crippen LogP contribution in [-0.2, 0) is 0 Å². The number of aryl methyl sites for hydroxylation is 1. The molecule has 4 nitrogen and oxygen atoms in total. The van der Waals surface area contributed by atoms with Crippen molar-refractivity contribution in [1.29, 1.82) is 0 Å². The van der Waals surface area contributed by atoms with Gasteiger partial charge in [0.15, 0.2) is 11.5 Å². The van der Waals surface area contributed by atoms with Crippen LogP contribution in [0.15, 0.2) is 12.1 Å². The van der Waals surface area contributed by atoms with E-state index >= 15 is 0 Å². The molecule has 0 aliphatic carbocycles. The molecule has 0 aromatic heterocycles. The minimum Gasteiger partial charge on any atom is -0.493 e. The van der Waals surface area contributed by atoms with Crippen molar-refractivity contribution in [2.24, 2.45) is 0 Å². The van der Waals surface area contributed by atoms with Gasteiger partial charge in [0.1, 0.15) is 0 Å². The number of nitrogens with one attached hydrogen (secondary N) is 2. The van der Waals surface area contributed by atoms with Crippen LogP contribution in [0.2, 0.25) is 0 Å². The zero-order valence-corrected chi connectivity index (χ0v) is 11.8. The summed E-state index contributed by atoms with van der Waals surface area (Å²) < 4.78 is 10.6. The van der Waals surface area contributed by atoms with E-state index in [0.29, 0.717) is 0 Å². The summed E-state index contributed by atoms with van der Waals surface area (Å²) in [4.78, 5) is 0. The largest absolute Gasteiger partial charge is 0.493 e. The maximum Gasteiger partial charge on any atom is 0.162 e. The quantitative estimate of drug-likeness (QED) is 0.697. The summed E-state index contributed by atoms with van der Waals surface area (Å²) in [5.41, 5.74) is 2.28. The minimum atomic E-state index is 0.765. The Labute approximate surface area is 110 Å². The molecule has 0 amide bonds. The summed E-state index contributed by atoms with van der Waals surface area (Å²) >= 11 is 0. The van der Waals surface area contributed by atoms with E-state index in [1.54, 1.807) is 14.2 Å². The van der Waals surface area contributed by atoms with Crippen LogP contribution in [-0.4, -0.2) is 34.4 Å². The minimum absolute atomic E-state index is 0.765. The second kappa shape index (κ2) is 7.82. The predicted octanol–water partition coefficient (Wildman–Crippen LogP) is 2.42. The highest BCUT2D eigenvalue weighted by Crippen LogP contribution is 2.32. The molecule has 1 aromatic carbocycles. The number of anilines is 1. The van der Waals surface area contributed by atoms with Gasteiger partial charge in [-0.1, -0.05) is 0 Å². The van der Waals surface area contributed by atoms with Gasteiger partial charge in [-0.2, -0.15) is 0 Å². The molecule has 0 atom stereocenters. The number of unbranched alkanes of at least 4 members (excludes halogenated alkanes) is 1. The molecule has 0 unspecified atom stereocenters. The van der Waals surface area contributed by atoms with Crippen LogP contribution >= 0.6 is 0 Å². The second-order valence-corrected chi connectivity index (χ2v) is 4.26. The first-order chi connectivity index (χ1) is 8.72. The number of ether oxygens (including phenoxy) is 2. The zero-order valence-electron chi connectivity index (χ0n) is 11.8. The van der Waals surface area contributed by atoms with Gasteiger partial charge in [-0.25, -0.2) is 0 Å². The van der Waals surface area contributed by atoms with Gasteiger partial charge < -0.3 is 20.1 Å². The van der Waals surface area contributed by atoms with Crippen LogP contribution in [0.4, 0.5) is 5.69 Å². The van der Waals surface area contributed by atoms with E-state index in [1.165, 1.54) is 12.0 Å². The van der Waals surface area contributed by atoms with Gasteiger partial charge in [0, 0.05) is 18.3 Å². The molecular formula is C14H24N2O2. The van der Waals surface area contributed by atoms with Crippen molar-refractivity contribution in [1.82, 2.24) is 5.32 Å². The lowest BCUT2D eigenvalue weighted by Crippen LogP contribution is -2.10. The molecule has 1 rings (SSSR count). The van der Waals surface area contributed by atoms with Crippen LogP contribution in [0.1, 0.15) is 18.4 Å². The molecule has 4 heteroatoms. The summed E-state index contributed by atoms with van der Waals surface area (Å²) in [6.07, 6.45) is 2.32. The molecule has 1 aromatic rings. The third-order valence-electron chi connectivity index (χ3n) is 2.90. The fourth-order valence-corrected chi connectivity index (χ4v) is 1.82. The van der Waals surface area contributed by atoms with Crippen molar-refractivity contribution in [3.05, 3.63) is 17.7 Å². The molecule has 0 saturated carbocycles. The first-order valence-corrected chi connectivity index (χ1v) is 6.34. The Morgan fingerprint density at radius 2 is 1.61 bits per heavy atom. The van der Waals surface area contributed by atoms with Crippen LogP contribution in [0, 0.1) is 6.92 Å². The molecule has 102 valence electrons. The molecule has 0 fully saturated rings. The summed E-state index contributed by atoms with van der Waals surface area (Å²) in [5.74, 6) is 1.54. The Morgan fingerprint density at radius 3 is 2.22 bits per heavy atom. The molecule has 0 aliphatic heterocycles. The number of benzene rings is 1. The lowest BCUT2D eigenvalue weighted by Gasteiger charge is -2.14. The summed E-state index contributed by atoms with van der Waals surface area (Å²) in [6, 6.07) is 3.99. The summed E-state index contributed by atoms with van der Waals surface area (Å²) in [7, 11) is 5.29. The Morgan fingerprint density at radius 1 is 1.00 bits per heavy atom. The molecule has 0 radical (unpaired) electrons. The number of hydrogen-bond acceptors (Lipinski definition) is 4. The first-order valence-electron chi connectivity index (χ1n) is 6.34. The van der Waals surface area contributed by atoms with Gasteiger partial charge in [-0.3, -0.25) is 0 Å². The third-order valence-corrected chi connectivity index (χ3v) is 2.90. The number of hydrogen-bond donors (Lipinski definition) is 2. The smallest absolute Gasteiger partial charge is 0.162 e. The van der Waals surface area contributed by atoms with Crippen molar-refractivity contribution in [2.45, 2.75) is 19.8 Å². The van der Waals surface area contributed by atoms with Gasteiger partial charge in [0.25, 0.3) is 0 Å². The molecule has 18 heavy (non-hydrogen) atoms. The lowest BCUT2D eigenvalue weighted by atomic mass is 10.1. The fraction of sp³-hybridized carbons (Fsp3) is 0.571. The Bertz CT molecular complexity index is 367. The van der Waals surface area contributed by atoms with E-state index in [1.807, 2.05) is 19.2 Å². The average molecular weight is 252 g/mol. The van der Waals surface area contributed by atoms with Crippen LogP contribution in [0.25, 0.3) is 0 Å². The topological polar surface area (TPSA) is 42.5 Å². The predicted molar refractivity (Wildman–Crippen MR) is 75.9 cm³/mol. The highest BCUT2D eigenvalue weighted by molar-refractivity contribution is 5.60. The van der Waals surface area contributed by atoms with Gasteiger partial charge in [0.2, 0.25) is 0 Å². The van der Waals surface area contributed by atoms with Crippen LogP contribution < -0.4 is 20.1 Å². The molecule has 0 spiro atoms.